The van der Waals surface area contributed by atoms with Gasteiger partial charge >= 0.3 is 6.18 Å². The molecule has 0 unspecified atom stereocenters. The van der Waals surface area contributed by atoms with Crippen LogP contribution in [0.5, 0.6) is 0 Å². The van der Waals surface area contributed by atoms with E-state index in [0.29, 0.717) is 27.6 Å². The van der Waals surface area contributed by atoms with Gasteiger partial charge in [-0.2, -0.15) is 18.2 Å². The zero-order valence-electron chi connectivity index (χ0n) is 12.4. The fraction of sp³-hybridized carbons (Fsp3) is 0.250. The van der Waals surface area contributed by atoms with Crippen LogP contribution in [0.25, 0.3) is 21.9 Å². The van der Waals surface area contributed by atoms with Gasteiger partial charge in [0.1, 0.15) is 4.88 Å². The zero-order valence-corrected chi connectivity index (χ0v) is 13.2. The number of rotatable bonds is 3. The summed E-state index contributed by atoms with van der Waals surface area (Å²) < 4.78 is 45.1. The Balaban J connectivity index is 2.11. The van der Waals surface area contributed by atoms with E-state index in [9.17, 15) is 13.2 Å². The number of benzene rings is 1. The van der Waals surface area contributed by atoms with Crippen LogP contribution >= 0.6 is 11.3 Å². The number of thiophene rings is 1. The number of hydrogen-bond donors (Lipinski definition) is 0. The molecule has 0 radical (unpaired) electrons. The third-order valence-electron chi connectivity index (χ3n) is 3.24. The van der Waals surface area contributed by atoms with E-state index in [0.717, 1.165) is 0 Å². The molecule has 3 rings (SSSR count). The van der Waals surface area contributed by atoms with Crippen molar-refractivity contribution < 1.29 is 17.7 Å². The van der Waals surface area contributed by atoms with Gasteiger partial charge < -0.3 is 4.52 Å². The molecule has 0 aliphatic rings. The molecule has 2 aromatic heterocycles. The van der Waals surface area contributed by atoms with Gasteiger partial charge in [0.25, 0.3) is 5.89 Å². The lowest BCUT2D eigenvalue weighted by Crippen LogP contribution is -2.03. The van der Waals surface area contributed by atoms with Gasteiger partial charge in [0, 0.05) is 11.5 Å². The lowest BCUT2D eigenvalue weighted by Gasteiger charge is -2.07. The highest BCUT2D eigenvalue weighted by Crippen LogP contribution is 2.45. The van der Waals surface area contributed by atoms with E-state index in [1.807, 2.05) is 13.8 Å². The molecule has 2 heterocycles. The summed E-state index contributed by atoms with van der Waals surface area (Å²) in [5.74, 6) is 0.637. The largest absolute Gasteiger partial charge is 0.426 e. The van der Waals surface area contributed by atoms with Gasteiger partial charge in [-0.05, 0) is 11.6 Å². The highest BCUT2D eigenvalue weighted by Gasteiger charge is 2.37. The average molecular weight is 338 g/mol. The predicted octanol–water partition coefficient (Wildman–Crippen LogP) is 5.61. The minimum absolute atomic E-state index is 0.0446. The van der Waals surface area contributed by atoms with Gasteiger partial charge in [-0.15, -0.1) is 11.3 Å². The summed E-state index contributed by atoms with van der Waals surface area (Å²) in [6, 6.07) is 9.92. The molecule has 0 fully saturated rings. The summed E-state index contributed by atoms with van der Waals surface area (Å²) in [4.78, 5) is 3.83. The Labute approximate surface area is 134 Å². The Kier molecular flexibility index (Phi) is 3.97. The molecule has 0 aliphatic carbocycles. The smallest absolute Gasteiger partial charge is 0.333 e. The molecule has 0 atom stereocenters. The fourth-order valence-electron chi connectivity index (χ4n) is 2.11. The first kappa shape index (κ1) is 15.7. The van der Waals surface area contributed by atoms with Crippen molar-refractivity contribution in [1.29, 1.82) is 0 Å². The molecule has 0 N–H and O–H groups in total. The topological polar surface area (TPSA) is 38.9 Å². The summed E-state index contributed by atoms with van der Waals surface area (Å²) in [5.41, 5.74) is 0.633. The number of hydrogen-bond acceptors (Lipinski definition) is 4. The molecule has 0 aliphatic heterocycles. The monoisotopic (exact) mass is 338 g/mol. The van der Waals surface area contributed by atoms with Crippen LogP contribution in [-0.2, 0) is 6.18 Å². The van der Waals surface area contributed by atoms with Crippen LogP contribution in [0.1, 0.15) is 30.5 Å². The number of aromatic nitrogens is 2. The van der Waals surface area contributed by atoms with Gasteiger partial charge in [-0.3, -0.25) is 0 Å². The fourth-order valence-corrected chi connectivity index (χ4v) is 3.08. The van der Waals surface area contributed by atoms with Gasteiger partial charge in [0.2, 0.25) is 0 Å². The Morgan fingerprint density at radius 2 is 1.83 bits per heavy atom. The van der Waals surface area contributed by atoms with E-state index in [1.54, 1.807) is 30.3 Å². The first-order valence-corrected chi connectivity index (χ1v) is 7.78. The zero-order chi connectivity index (χ0) is 16.6. The Morgan fingerprint density at radius 3 is 2.39 bits per heavy atom. The first-order valence-electron chi connectivity index (χ1n) is 6.96. The van der Waals surface area contributed by atoms with Crippen molar-refractivity contribution in [2.24, 2.45) is 0 Å². The highest BCUT2D eigenvalue weighted by molar-refractivity contribution is 7.16. The van der Waals surface area contributed by atoms with Crippen molar-refractivity contribution in [3.63, 3.8) is 0 Å². The maximum Gasteiger partial charge on any atom is 0.426 e. The predicted molar refractivity (Wildman–Crippen MR) is 82.1 cm³/mol. The Morgan fingerprint density at radius 1 is 1.13 bits per heavy atom. The van der Waals surface area contributed by atoms with Gasteiger partial charge in [0.05, 0.1) is 4.88 Å². The van der Waals surface area contributed by atoms with Crippen molar-refractivity contribution in [3.8, 4) is 21.9 Å². The molecule has 120 valence electrons. The third kappa shape index (κ3) is 3.14. The van der Waals surface area contributed by atoms with Crippen LogP contribution < -0.4 is 0 Å². The molecule has 23 heavy (non-hydrogen) atoms. The molecular weight excluding hydrogens is 325 g/mol. The van der Waals surface area contributed by atoms with Crippen molar-refractivity contribution in [2.45, 2.75) is 25.9 Å². The second kappa shape index (κ2) is 5.81. The normalized spacial score (nSPS) is 12.1. The van der Waals surface area contributed by atoms with Gasteiger partial charge in [0.15, 0.2) is 5.82 Å². The molecule has 3 nitrogen and oxygen atoms in total. The van der Waals surface area contributed by atoms with Crippen LogP contribution in [0.4, 0.5) is 13.2 Å². The van der Waals surface area contributed by atoms with Crippen LogP contribution in [0.3, 0.4) is 0 Å². The summed E-state index contributed by atoms with van der Waals surface area (Å²) in [7, 11) is 0. The summed E-state index contributed by atoms with van der Waals surface area (Å²) in [5, 5.41) is 3.81. The van der Waals surface area contributed by atoms with Gasteiger partial charge in [-0.25, -0.2) is 0 Å². The molecular formula is C16H13F3N2OS. The molecule has 0 saturated carbocycles. The second-order valence-electron chi connectivity index (χ2n) is 5.33. The minimum Gasteiger partial charge on any atom is -0.333 e. The molecule has 0 saturated heterocycles. The third-order valence-corrected chi connectivity index (χ3v) is 4.41. The van der Waals surface area contributed by atoms with E-state index < -0.39 is 11.1 Å². The lowest BCUT2D eigenvalue weighted by molar-refractivity contribution is -0.133. The van der Waals surface area contributed by atoms with Crippen molar-refractivity contribution >= 4 is 11.3 Å². The Bertz CT molecular complexity index is 806. The number of nitrogens with zero attached hydrogens (tertiary/aromatic N) is 2. The minimum atomic E-state index is -4.44. The highest BCUT2D eigenvalue weighted by atomic mass is 32.1. The average Bonchev–Trinajstić information content (AvgIpc) is 3.14. The van der Waals surface area contributed by atoms with Crippen LogP contribution in [0.2, 0.25) is 0 Å². The number of halogens is 3. The van der Waals surface area contributed by atoms with Crippen molar-refractivity contribution in [3.05, 3.63) is 47.1 Å². The first-order chi connectivity index (χ1) is 10.9. The molecule has 0 amide bonds. The lowest BCUT2D eigenvalue weighted by atomic mass is 10.1. The van der Waals surface area contributed by atoms with E-state index in [4.69, 9.17) is 4.52 Å². The van der Waals surface area contributed by atoms with Crippen molar-refractivity contribution in [2.75, 3.05) is 0 Å². The standard InChI is InChI=1S/C16H13F3N2OS/c1-9(2)14-20-15(22-21-14)12-8-11(10-6-4-3-5-7-10)13(23-12)16(17,18)19/h3-9H,1-2H3. The van der Waals surface area contributed by atoms with Crippen LogP contribution in [0, 0.1) is 0 Å². The maximum atomic E-state index is 13.3. The SMILES string of the molecule is CC(C)c1noc(-c2cc(-c3ccccc3)c(C(F)(F)F)s2)n1. The van der Waals surface area contributed by atoms with E-state index in [-0.39, 0.29) is 17.4 Å². The number of alkyl halides is 3. The molecule has 7 heteroatoms. The summed E-state index contributed by atoms with van der Waals surface area (Å²) in [6.07, 6.45) is -4.44. The summed E-state index contributed by atoms with van der Waals surface area (Å²) in [6.45, 7) is 3.78. The Hall–Kier alpha value is -2.15. The second-order valence-corrected chi connectivity index (χ2v) is 6.38. The molecule has 0 spiro atoms. The van der Waals surface area contributed by atoms with Gasteiger partial charge in [-0.1, -0.05) is 49.3 Å². The van der Waals surface area contributed by atoms with Crippen LogP contribution in [-0.4, -0.2) is 10.1 Å². The summed E-state index contributed by atoms with van der Waals surface area (Å²) >= 11 is 0.618. The molecule has 1 aromatic carbocycles. The molecule has 3 aromatic rings. The maximum absolute atomic E-state index is 13.3. The quantitative estimate of drug-likeness (QED) is 0.623. The van der Waals surface area contributed by atoms with Crippen molar-refractivity contribution in [1.82, 2.24) is 10.1 Å². The van der Waals surface area contributed by atoms with E-state index >= 15 is 0 Å². The van der Waals surface area contributed by atoms with E-state index in [1.165, 1.54) is 6.07 Å². The van der Waals surface area contributed by atoms with Crippen LogP contribution in [0.15, 0.2) is 40.9 Å². The van der Waals surface area contributed by atoms with E-state index in [2.05, 4.69) is 10.1 Å². The molecule has 0 bridgehead atoms.